The van der Waals surface area contributed by atoms with Crippen LogP contribution in [0.3, 0.4) is 0 Å². The van der Waals surface area contributed by atoms with E-state index in [1.54, 1.807) is 31.4 Å². The van der Waals surface area contributed by atoms with Gasteiger partial charge >= 0.3 is 0 Å². The number of nitrogens with zero attached hydrogens (tertiary/aromatic N) is 1. The van der Waals surface area contributed by atoms with Gasteiger partial charge in [-0.25, -0.2) is 19.0 Å². The van der Waals surface area contributed by atoms with Crippen molar-refractivity contribution in [1.82, 2.24) is 5.43 Å². The second kappa shape index (κ2) is 7.43. The highest BCUT2D eigenvalue weighted by atomic mass is 35.5. The maximum atomic E-state index is 12.0. The Hall–Kier alpha value is -2.42. The van der Waals surface area contributed by atoms with Crippen LogP contribution in [0, 0.1) is 0 Å². The molecule has 0 saturated carbocycles. The highest BCUT2D eigenvalue weighted by Crippen LogP contribution is 2.21. The first kappa shape index (κ1) is 17.9. The minimum absolute atomic E-state index is 0.0612. The van der Waals surface area contributed by atoms with Crippen molar-refractivity contribution in [3.8, 4) is 5.75 Å². The van der Waals surface area contributed by atoms with Gasteiger partial charge in [0.25, 0.3) is 5.91 Å². The van der Waals surface area contributed by atoms with Crippen LogP contribution in [0.1, 0.15) is 15.9 Å². The number of amides is 1. The maximum absolute atomic E-state index is 12.0. The zero-order chi connectivity index (χ0) is 17.7. The molecule has 2 rings (SSSR count). The molecule has 2 aromatic rings. The van der Waals surface area contributed by atoms with Gasteiger partial charge in [0.2, 0.25) is 10.0 Å². The molecule has 7 nitrogen and oxygen atoms in total. The lowest BCUT2D eigenvalue weighted by atomic mass is 10.2. The SMILES string of the molecule is COc1cccc(/C=N\NC(=O)c2ccc(Cl)c(S(N)(=O)=O)c2)c1. The topological polar surface area (TPSA) is 111 Å². The fourth-order valence-electron chi connectivity index (χ4n) is 1.81. The smallest absolute Gasteiger partial charge is 0.271 e. The minimum atomic E-state index is -4.02. The van der Waals surface area contributed by atoms with Gasteiger partial charge in [-0.15, -0.1) is 0 Å². The summed E-state index contributed by atoms with van der Waals surface area (Å²) in [6.07, 6.45) is 1.43. The number of hydrogen-bond donors (Lipinski definition) is 2. The van der Waals surface area contributed by atoms with Crippen LogP contribution >= 0.6 is 11.6 Å². The molecule has 2 aromatic carbocycles. The van der Waals surface area contributed by atoms with Crippen molar-refractivity contribution >= 4 is 33.7 Å². The highest BCUT2D eigenvalue weighted by molar-refractivity contribution is 7.89. The molecule has 0 heterocycles. The quantitative estimate of drug-likeness (QED) is 0.619. The molecule has 0 unspecified atom stereocenters. The molecule has 24 heavy (non-hydrogen) atoms. The number of carbonyl (C=O) groups is 1. The molecule has 9 heteroatoms. The predicted molar refractivity (Wildman–Crippen MR) is 90.9 cm³/mol. The number of carbonyl (C=O) groups excluding carboxylic acids is 1. The number of nitrogens with one attached hydrogen (secondary N) is 1. The minimum Gasteiger partial charge on any atom is -0.497 e. The van der Waals surface area contributed by atoms with E-state index in [0.717, 1.165) is 11.6 Å². The third-order valence-electron chi connectivity index (χ3n) is 2.97. The van der Waals surface area contributed by atoms with E-state index >= 15 is 0 Å². The first-order valence-corrected chi connectivity index (χ1v) is 8.53. The standard InChI is InChI=1S/C15H14ClN3O4S/c1-23-12-4-2-3-10(7-12)9-18-19-15(20)11-5-6-13(16)14(8-11)24(17,21)22/h2-9H,1H3,(H,19,20)(H2,17,21,22)/b18-9-. The molecule has 126 valence electrons. The van der Waals surface area contributed by atoms with Crippen LogP contribution in [0.2, 0.25) is 5.02 Å². The van der Waals surface area contributed by atoms with Crippen LogP contribution in [0.4, 0.5) is 0 Å². The van der Waals surface area contributed by atoms with Crippen molar-refractivity contribution in [2.24, 2.45) is 10.2 Å². The van der Waals surface area contributed by atoms with Gasteiger partial charge in [-0.1, -0.05) is 23.7 Å². The van der Waals surface area contributed by atoms with E-state index < -0.39 is 15.9 Å². The van der Waals surface area contributed by atoms with E-state index in [4.69, 9.17) is 21.5 Å². The summed E-state index contributed by atoms with van der Waals surface area (Å²) in [4.78, 5) is 11.7. The predicted octanol–water partition coefficient (Wildman–Crippen LogP) is 1.76. The highest BCUT2D eigenvalue weighted by Gasteiger charge is 2.16. The van der Waals surface area contributed by atoms with Crippen molar-refractivity contribution in [1.29, 1.82) is 0 Å². The van der Waals surface area contributed by atoms with Crippen molar-refractivity contribution in [3.05, 3.63) is 58.6 Å². The van der Waals surface area contributed by atoms with Crippen LogP contribution in [0.5, 0.6) is 5.75 Å². The van der Waals surface area contributed by atoms with E-state index in [1.165, 1.54) is 18.3 Å². The number of nitrogens with two attached hydrogens (primary N) is 1. The summed E-state index contributed by atoms with van der Waals surface area (Å²) in [7, 11) is -2.48. The molecular formula is C15H14ClN3O4S. The Bertz CT molecular complexity index is 897. The summed E-state index contributed by atoms with van der Waals surface area (Å²) in [5, 5.41) is 8.80. The summed E-state index contributed by atoms with van der Waals surface area (Å²) in [6, 6.07) is 10.8. The molecule has 0 spiro atoms. The maximum Gasteiger partial charge on any atom is 0.271 e. The summed E-state index contributed by atoms with van der Waals surface area (Å²) in [5.41, 5.74) is 3.07. The molecule has 0 aliphatic carbocycles. The number of benzene rings is 2. The van der Waals surface area contributed by atoms with Gasteiger partial charge in [-0.2, -0.15) is 5.10 Å². The van der Waals surface area contributed by atoms with E-state index in [9.17, 15) is 13.2 Å². The molecule has 0 bridgehead atoms. The second-order valence-corrected chi connectivity index (χ2v) is 6.60. The van der Waals surface area contributed by atoms with E-state index in [0.29, 0.717) is 5.75 Å². The van der Waals surface area contributed by atoms with Crippen LogP contribution in [-0.2, 0) is 10.0 Å². The van der Waals surface area contributed by atoms with Gasteiger partial charge in [0.05, 0.1) is 18.3 Å². The Labute approximate surface area is 144 Å². The second-order valence-electron chi connectivity index (χ2n) is 4.67. The van der Waals surface area contributed by atoms with Gasteiger partial charge < -0.3 is 4.74 Å². The molecule has 0 aromatic heterocycles. The zero-order valence-corrected chi connectivity index (χ0v) is 14.1. The summed E-state index contributed by atoms with van der Waals surface area (Å²) < 4.78 is 27.9. The molecule has 0 aliphatic heterocycles. The third-order valence-corrected chi connectivity index (χ3v) is 4.37. The first-order chi connectivity index (χ1) is 11.3. The summed E-state index contributed by atoms with van der Waals surface area (Å²) >= 11 is 5.77. The summed E-state index contributed by atoms with van der Waals surface area (Å²) in [5.74, 6) is 0.0523. The fraction of sp³-hybridized carbons (Fsp3) is 0.0667. The monoisotopic (exact) mass is 367 g/mol. The molecule has 0 fully saturated rings. The first-order valence-electron chi connectivity index (χ1n) is 6.61. The van der Waals surface area contributed by atoms with E-state index in [1.807, 2.05) is 0 Å². The van der Waals surface area contributed by atoms with Crippen molar-refractivity contribution in [3.63, 3.8) is 0 Å². The number of sulfonamides is 1. The number of hydrazone groups is 1. The number of hydrogen-bond acceptors (Lipinski definition) is 5. The number of ether oxygens (including phenoxy) is 1. The van der Waals surface area contributed by atoms with Gasteiger partial charge in [0, 0.05) is 5.56 Å². The lowest BCUT2D eigenvalue weighted by Crippen LogP contribution is -2.19. The average Bonchev–Trinajstić information content (AvgIpc) is 2.54. The lowest BCUT2D eigenvalue weighted by molar-refractivity contribution is 0.0955. The van der Waals surface area contributed by atoms with Crippen LogP contribution in [0.25, 0.3) is 0 Å². The summed E-state index contributed by atoms with van der Waals surface area (Å²) in [6.45, 7) is 0. The Morgan fingerprint density at radius 3 is 2.71 bits per heavy atom. The van der Waals surface area contributed by atoms with Crippen molar-refractivity contribution < 1.29 is 17.9 Å². The number of halogens is 1. The normalized spacial score (nSPS) is 11.5. The van der Waals surface area contributed by atoms with E-state index in [-0.39, 0.29) is 15.5 Å². The Kier molecular flexibility index (Phi) is 5.55. The molecule has 3 N–H and O–H groups in total. The van der Waals surface area contributed by atoms with Crippen molar-refractivity contribution in [2.75, 3.05) is 7.11 Å². The molecule has 0 radical (unpaired) electrons. The van der Waals surface area contributed by atoms with Crippen LogP contribution in [-0.4, -0.2) is 27.6 Å². The zero-order valence-electron chi connectivity index (χ0n) is 12.6. The lowest BCUT2D eigenvalue weighted by Gasteiger charge is -2.05. The van der Waals surface area contributed by atoms with Gasteiger partial charge in [0.15, 0.2) is 0 Å². The van der Waals surface area contributed by atoms with Gasteiger partial charge in [-0.3, -0.25) is 4.79 Å². The molecule has 0 atom stereocenters. The van der Waals surface area contributed by atoms with Crippen LogP contribution in [0.15, 0.2) is 52.5 Å². The fourth-order valence-corrected chi connectivity index (χ4v) is 2.89. The van der Waals surface area contributed by atoms with Crippen molar-refractivity contribution in [2.45, 2.75) is 4.90 Å². The number of primary sulfonamides is 1. The Morgan fingerprint density at radius 1 is 1.29 bits per heavy atom. The van der Waals surface area contributed by atoms with Gasteiger partial charge in [0.1, 0.15) is 10.6 Å². The molecule has 1 amide bonds. The van der Waals surface area contributed by atoms with Gasteiger partial charge in [-0.05, 0) is 35.9 Å². The Balaban J connectivity index is 2.14. The third kappa shape index (κ3) is 4.54. The Morgan fingerprint density at radius 2 is 2.04 bits per heavy atom. The molecular weight excluding hydrogens is 354 g/mol. The molecule has 0 aliphatic rings. The number of methoxy groups -OCH3 is 1. The molecule has 0 saturated heterocycles. The van der Waals surface area contributed by atoms with Crippen LogP contribution < -0.4 is 15.3 Å². The van der Waals surface area contributed by atoms with E-state index in [2.05, 4.69) is 10.5 Å². The average molecular weight is 368 g/mol. The largest absolute Gasteiger partial charge is 0.497 e. The number of rotatable bonds is 5.